The van der Waals surface area contributed by atoms with E-state index >= 15 is 0 Å². The van der Waals surface area contributed by atoms with Crippen molar-refractivity contribution in [3.63, 3.8) is 0 Å². The smallest absolute Gasteiger partial charge is 0.339 e. The molecule has 0 saturated carbocycles. The summed E-state index contributed by atoms with van der Waals surface area (Å²) in [6.45, 7) is 13.3. The molecule has 0 fully saturated rings. The molecule has 0 amide bonds. The van der Waals surface area contributed by atoms with Crippen LogP contribution in [0.2, 0.25) is 0 Å². The molecule has 0 saturated heterocycles. The van der Waals surface area contributed by atoms with Crippen LogP contribution in [0.5, 0.6) is 0 Å². The molecule has 4 heteroatoms. The first kappa shape index (κ1) is 39.3. The minimum absolute atomic E-state index is 0.314. The van der Waals surface area contributed by atoms with Crippen molar-refractivity contribution in [1.29, 1.82) is 0 Å². The van der Waals surface area contributed by atoms with Gasteiger partial charge in [-0.05, 0) is 165 Å². The highest BCUT2D eigenvalue weighted by atomic mass is 16.5. The van der Waals surface area contributed by atoms with Gasteiger partial charge in [0.25, 0.3) is 0 Å². The Labute approximate surface area is 334 Å². The zero-order chi connectivity index (χ0) is 39.7. The lowest BCUT2D eigenvalue weighted by molar-refractivity contribution is 0.0553. The van der Waals surface area contributed by atoms with Crippen LogP contribution in [0, 0.1) is 13.8 Å². The van der Waals surface area contributed by atoms with Crippen LogP contribution in [0.3, 0.4) is 0 Å². The van der Waals surface area contributed by atoms with Crippen molar-refractivity contribution in [2.75, 3.05) is 14.2 Å². The molecule has 5 aromatic rings. The van der Waals surface area contributed by atoms with E-state index in [-0.39, 0.29) is 0 Å². The summed E-state index contributed by atoms with van der Waals surface area (Å²) in [6, 6.07) is 22.0. The summed E-state index contributed by atoms with van der Waals surface area (Å²) in [5, 5.41) is 0. The number of ether oxygens (including phenoxy) is 2. The Morgan fingerprint density at radius 1 is 0.446 bits per heavy atom. The minimum atomic E-state index is -0.508. The van der Waals surface area contributed by atoms with Gasteiger partial charge in [-0.15, -0.1) is 0 Å². The van der Waals surface area contributed by atoms with Crippen LogP contribution in [-0.2, 0) is 60.8 Å². The standard InChI is InChI=1S/C52H58O4/c1-9-19-35-36(20-10-2)38(22-12-4)42-30-46-45(29-41(42)37(35)21-11-3)49(33-23-15-13-16-24-33)43-27-39-31(5)47(51(53)55-7)48(52(54)56-8)32(6)40(39)28-44(43)50(46)34-25-17-14-18-26-34/h13-18,23-26H,9-12,19-22,27-30H2,1-8H3. The molecule has 4 nitrogen and oxygen atoms in total. The zero-order valence-corrected chi connectivity index (χ0v) is 34.9. The zero-order valence-electron chi connectivity index (χ0n) is 34.9. The highest BCUT2D eigenvalue weighted by Gasteiger charge is 2.37. The first-order valence-corrected chi connectivity index (χ1v) is 21.0. The number of carbonyl (C=O) groups is 2. The van der Waals surface area contributed by atoms with Crippen molar-refractivity contribution in [2.45, 2.75) is 119 Å². The molecule has 0 aromatic heterocycles. The third kappa shape index (κ3) is 6.59. The lowest BCUT2D eigenvalue weighted by Crippen LogP contribution is -2.24. The summed E-state index contributed by atoms with van der Waals surface area (Å²) in [7, 11) is 2.76. The highest BCUT2D eigenvalue weighted by molar-refractivity contribution is 6.06. The van der Waals surface area contributed by atoms with Gasteiger partial charge in [-0.2, -0.15) is 0 Å². The number of esters is 2. The van der Waals surface area contributed by atoms with Crippen LogP contribution in [0.1, 0.15) is 152 Å². The Morgan fingerprint density at radius 3 is 1.05 bits per heavy atom. The molecule has 56 heavy (non-hydrogen) atoms. The molecular weight excluding hydrogens is 689 g/mol. The van der Waals surface area contributed by atoms with Gasteiger partial charge in [0.1, 0.15) is 0 Å². The molecule has 2 aliphatic rings. The molecule has 0 aliphatic heterocycles. The van der Waals surface area contributed by atoms with Gasteiger partial charge >= 0.3 is 11.9 Å². The van der Waals surface area contributed by atoms with E-state index in [1.165, 1.54) is 58.7 Å². The summed E-state index contributed by atoms with van der Waals surface area (Å²) in [5.74, 6) is -1.02. The van der Waals surface area contributed by atoms with Crippen LogP contribution in [-0.4, -0.2) is 26.2 Å². The second-order valence-electron chi connectivity index (χ2n) is 15.9. The van der Waals surface area contributed by atoms with E-state index in [9.17, 15) is 9.59 Å². The van der Waals surface area contributed by atoms with E-state index in [4.69, 9.17) is 9.47 Å². The highest BCUT2D eigenvalue weighted by Crippen LogP contribution is 2.51. The Hall–Kier alpha value is -4.96. The average molecular weight is 747 g/mol. The van der Waals surface area contributed by atoms with E-state index in [1.54, 1.807) is 33.4 Å². The number of hydrogen-bond donors (Lipinski definition) is 0. The molecule has 5 aromatic carbocycles. The fraction of sp³-hybridized carbons (Fsp3) is 0.385. The maximum atomic E-state index is 13.5. The third-order valence-electron chi connectivity index (χ3n) is 12.7. The maximum Gasteiger partial charge on any atom is 0.339 e. The van der Waals surface area contributed by atoms with E-state index in [0.717, 1.165) is 86.5 Å². The monoisotopic (exact) mass is 746 g/mol. The number of rotatable bonds is 12. The van der Waals surface area contributed by atoms with Crippen LogP contribution < -0.4 is 0 Å². The predicted octanol–water partition coefficient (Wildman–Crippen LogP) is 12.0. The lowest BCUT2D eigenvalue weighted by atomic mass is 9.67. The molecule has 290 valence electrons. The molecule has 0 unspecified atom stereocenters. The molecule has 0 atom stereocenters. The van der Waals surface area contributed by atoms with Gasteiger partial charge in [0, 0.05) is 0 Å². The molecular formula is C52H58O4. The summed E-state index contributed by atoms with van der Waals surface area (Å²) in [5.41, 5.74) is 24.9. The van der Waals surface area contributed by atoms with Gasteiger partial charge < -0.3 is 9.47 Å². The SMILES string of the molecule is CCCc1c(CCC)c(CCC)c2c(c1CCC)Cc1c(c(-c3ccccc3)c3c(c1-c1ccccc1)Cc1c(C)c(C(=O)OC)c(C(=O)OC)c(C)c1C3)C2. The number of fused-ring (bicyclic) bond motifs is 4. The van der Waals surface area contributed by atoms with Gasteiger partial charge in [-0.1, -0.05) is 114 Å². The van der Waals surface area contributed by atoms with Gasteiger partial charge in [-0.3, -0.25) is 0 Å². The molecule has 0 N–H and O–H groups in total. The summed E-state index contributed by atoms with van der Waals surface area (Å²) in [4.78, 5) is 26.9. The Kier molecular flexibility index (Phi) is 11.7. The molecule has 0 bridgehead atoms. The molecule has 0 spiro atoms. The fourth-order valence-corrected chi connectivity index (χ4v) is 10.4. The van der Waals surface area contributed by atoms with E-state index in [0.29, 0.717) is 24.0 Å². The largest absolute Gasteiger partial charge is 0.465 e. The second kappa shape index (κ2) is 16.6. The van der Waals surface area contributed by atoms with Crippen molar-refractivity contribution in [2.24, 2.45) is 0 Å². The molecule has 0 radical (unpaired) electrons. The van der Waals surface area contributed by atoms with Crippen molar-refractivity contribution in [3.8, 4) is 22.3 Å². The Bertz CT molecular complexity index is 2150. The summed E-state index contributed by atoms with van der Waals surface area (Å²) in [6.07, 6.45) is 12.2. The lowest BCUT2D eigenvalue weighted by Gasteiger charge is -2.37. The number of methoxy groups -OCH3 is 2. The van der Waals surface area contributed by atoms with Crippen LogP contribution >= 0.6 is 0 Å². The summed E-state index contributed by atoms with van der Waals surface area (Å²) >= 11 is 0. The van der Waals surface area contributed by atoms with Crippen LogP contribution in [0.4, 0.5) is 0 Å². The quantitative estimate of drug-likeness (QED) is 0.117. The Morgan fingerprint density at radius 2 is 0.750 bits per heavy atom. The minimum Gasteiger partial charge on any atom is -0.465 e. The topological polar surface area (TPSA) is 52.6 Å². The van der Waals surface area contributed by atoms with Crippen molar-refractivity contribution in [3.05, 3.63) is 150 Å². The normalized spacial score (nSPS) is 12.7. The molecule has 2 aliphatic carbocycles. The number of hydrogen-bond acceptors (Lipinski definition) is 4. The van der Waals surface area contributed by atoms with Gasteiger partial charge in [0.2, 0.25) is 0 Å². The average Bonchev–Trinajstić information content (AvgIpc) is 3.22. The number of benzene rings is 5. The summed E-state index contributed by atoms with van der Waals surface area (Å²) < 4.78 is 10.6. The van der Waals surface area contributed by atoms with Crippen LogP contribution in [0.25, 0.3) is 22.3 Å². The van der Waals surface area contributed by atoms with Crippen molar-refractivity contribution in [1.82, 2.24) is 0 Å². The van der Waals surface area contributed by atoms with E-state index in [2.05, 4.69) is 88.4 Å². The van der Waals surface area contributed by atoms with Crippen molar-refractivity contribution < 1.29 is 19.1 Å². The van der Waals surface area contributed by atoms with Gasteiger partial charge in [-0.25, -0.2) is 9.59 Å². The molecule has 7 rings (SSSR count). The molecule has 0 heterocycles. The first-order chi connectivity index (χ1) is 27.2. The fourth-order valence-electron chi connectivity index (χ4n) is 10.4. The Balaban J connectivity index is 1.61. The first-order valence-electron chi connectivity index (χ1n) is 21.0. The van der Waals surface area contributed by atoms with Gasteiger partial charge in [0.05, 0.1) is 25.3 Å². The second-order valence-corrected chi connectivity index (χ2v) is 15.9. The van der Waals surface area contributed by atoms with E-state index < -0.39 is 11.9 Å². The van der Waals surface area contributed by atoms with Crippen LogP contribution in [0.15, 0.2) is 60.7 Å². The van der Waals surface area contributed by atoms with Crippen molar-refractivity contribution >= 4 is 11.9 Å². The predicted molar refractivity (Wildman–Crippen MR) is 230 cm³/mol. The number of carbonyl (C=O) groups excluding carboxylic acids is 2. The van der Waals surface area contributed by atoms with E-state index in [1.807, 2.05) is 13.8 Å². The maximum absolute atomic E-state index is 13.5. The third-order valence-corrected chi connectivity index (χ3v) is 12.7. The van der Waals surface area contributed by atoms with Gasteiger partial charge in [0.15, 0.2) is 0 Å².